The first-order valence-corrected chi connectivity index (χ1v) is 16.7. The van der Waals surface area contributed by atoms with E-state index in [9.17, 15) is 9.59 Å². The van der Waals surface area contributed by atoms with Crippen molar-refractivity contribution in [3.05, 3.63) is 89.5 Å². The van der Waals surface area contributed by atoms with Gasteiger partial charge in [-0.2, -0.15) is 0 Å². The van der Waals surface area contributed by atoms with Gasteiger partial charge in [0.2, 0.25) is 0 Å². The van der Waals surface area contributed by atoms with E-state index in [-0.39, 0.29) is 18.5 Å². The van der Waals surface area contributed by atoms with Crippen molar-refractivity contribution >= 4 is 17.6 Å². The molecule has 2 amide bonds. The molecule has 1 heterocycles. The molecule has 0 saturated heterocycles. The van der Waals surface area contributed by atoms with Gasteiger partial charge in [0.1, 0.15) is 17.1 Å². The van der Waals surface area contributed by atoms with Crippen molar-refractivity contribution in [2.45, 2.75) is 71.6 Å². The Kier molecular flexibility index (Phi) is 11.2. The molecule has 250 valence electrons. The van der Waals surface area contributed by atoms with Crippen LogP contribution >= 0.6 is 0 Å². The van der Waals surface area contributed by atoms with Crippen LogP contribution in [0.3, 0.4) is 0 Å². The zero-order valence-corrected chi connectivity index (χ0v) is 28.4. The molecule has 5 rings (SSSR count). The average molecular weight is 641 g/mol. The van der Waals surface area contributed by atoms with E-state index >= 15 is 0 Å². The van der Waals surface area contributed by atoms with Gasteiger partial charge in [-0.25, -0.2) is 4.79 Å². The number of nitrogens with zero attached hydrogens (tertiary/aromatic N) is 2. The SMILES string of the molecule is CCOCCCOc1cc(CN(C(=O)C2=C(c3cccc(-c4ccccc4)c3)CCN(C(=O)OC(C)(C)C)C2)C2CC2)cc(OC)c1. The van der Waals surface area contributed by atoms with Crippen molar-refractivity contribution in [3.8, 4) is 22.6 Å². The smallest absolute Gasteiger partial charge is 0.410 e. The fourth-order valence-electron chi connectivity index (χ4n) is 5.82. The van der Waals surface area contributed by atoms with Gasteiger partial charge in [-0.05, 0) is 93.0 Å². The monoisotopic (exact) mass is 640 g/mol. The molecule has 0 atom stereocenters. The summed E-state index contributed by atoms with van der Waals surface area (Å²) in [5.41, 5.74) is 5.10. The largest absolute Gasteiger partial charge is 0.497 e. The lowest BCUT2D eigenvalue weighted by molar-refractivity contribution is -0.128. The summed E-state index contributed by atoms with van der Waals surface area (Å²) in [6, 6.07) is 24.5. The number of hydrogen-bond donors (Lipinski definition) is 0. The lowest BCUT2D eigenvalue weighted by Gasteiger charge is -2.34. The van der Waals surface area contributed by atoms with Gasteiger partial charge in [0.25, 0.3) is 5.91 Å². The van der Waals surface area contributed by atoms with Crippen molar-refractivity contribution in [1.82, 2.24) is 9.80 Å². The summed E-state index contributed by atoms with van der Waals surface area (Å²) in [4.78, 5) is 31.6. The summed E-state index contributed by atoms with van der Waals surface area (Å²) < 4.78 is 22.8. The Morgan fingerprint density at radius 2 is 1.62 bits per heavy atom. The maximum absolute atomic E-state index is 14.7. The predicted molar refractivity (Wildman–Crippen MR) is 184 cm³/mol. The fraction of sp³-hybridized carbons (Fsp3) is 0.436. The minimum absolute atomic E-state index is 0.0529. The van der Waals surface area contributed by atoms with Gasteiger partial charge >= 0.3 is 6.09 Å². The van der Waals surface area contributed by atoms with Gasteiger partial charge in [0, 0.05) is 50.4 Å². The number of amides is 2. The Morgan fingerprint density at radius 1 is 0.894 bits per heavy atom. The van der Waals surface area contributed by atoms with Crippen LogP contribution in [0.5, 0.6) is 11.5 Å². The molecule has 1 fully saturated rings. The highest BCUT2D eigenvalue weighted by atomic mass is 16.6. The van der Waals surface area contributed by atoms with E-state index in [1.807, 2.05) is 75.1 Å². The Labute approximate surface area is 279 Å². The molecule has 1 aliphatic carbocycles. The van der Waals surface area contributed by atoms with Crippen LogP contribution in [0.1, 0.15) is 64.5 Å². The van der Waals surface area contributed by atoms with E-state index in [0.29, 0.717) is 56.4 Å². The average Bonchev–Trinajstić information content (AvgIpc) is 3.92. The van der Waals surface area contributed by atoms with Crippen molar-refractivity contribution in [3.63, 3.8) is 0 Å². The Balaban J connectivity index is 1.46. The molecule has 3 aromatic carbocycles. The lowest BCUT2D eigenvalue weighted by atomic mass is 9.90. The highest BCUT2D eigenvalue weighted by molar-refractivity contribution is 6.03. The maximum Gasteiger partial charge on any atom is 0.410 e. The van der Waals surface area contributed by atoms with Crippen LogP contribution in [0, 0.1) is 0 Å². The van der Waals surface area contributed by atoms with Gasteiger partial charge in [-0.15, -0.1) is 0 Å². The lowest BCUT2D eigenvalue weighted by Crippen LogP contribution is -2.44. The van der Waals surface area contributed by atoms with E-state index in [0.717, 1.165) is 47.1 Å². The summed E-state index contributed by atoms with van der Waals surface area (Å²) in [6.45, 7) is 10.5. The number of carbonyl (C=O) groups excluding carboxylic acids is 2. The normalized spacial score (nSPS) is 15.0. The summed E-state index contributed by atoms with van der Waals surface area (Å²) in [5.74, 6) is 1.32. The quantitative estimate of drug-likeness (QED) is 0.178. The molecular weight excluding hydrogens is 592 g/mol. The van der Waals surface area contributed by atoms with Crippen LogP contribution in [0.2, 0.25) is 0 Å². The van der Waals surface area contributed by atoms with Crippen molar-refractivity contribution < 1.29 is 28.5 Å². The summed E-state index contributed by atoms with van der Waals surface area (Å²) in [5, 5.41) is 0. The molecule has 0 unspecified atom stereocenters. The van der Waals surface area contributed by atoms with Crippen molar-refractivity contribution in [2.24, 2.45) is 0 Å². The standard InChI is InChI=1S/C39H48N2O6/c1-6-45-20-11-21-46-34-23-28(22-33(25-34)44-5)26-41(32-16-17-32)37(42)36-27-40(38(43)47-39(2,3)4)19-18-35(36)31-15-10-14-30(24-31)29-12-8-7-9-13-29/h7-10,12-15,22-25,32H,6,11,16-21,26-27H2,1-5H3. The molecule has 0 radical (unpaired) electrons. The second kappa shape index (κ2) is 15.5. The minimum atomic E-state index is -0.634. The van der Waals surface area contributed by atoms with E-state index < -0.39 is 11.7 Å². The van der Waals surface area contributed by atoms with Gasteiger partial charge in [-0.3, -0.25) is 4.79 Å². The third-order valence-corrected chi connectivity index (χ3v) is 8.26. The molecule has 2 aliphatic rings. The first-order valence-electron chi connectivity index (χ1n) is 16.7. The van der Waals surface area contributed by atoms with Crippen LogP contribution < -0.4 is 9.47 Å². The van der Waals surface area contributed by atoms with Crippen molar-refractivity contribution in [2.75, 3.05) is 40.0 Å². The van der Waals surface area contributed by atoms with Gasteiger partial charge in [-0.1, -0.05) is 48.5 Å². The highest BCUT2D eigenvalue weighted by Crippen LogP contribution is 2.36. The number of benzene rings is 3. The molecule has 0 aromatic heterocycles. The molecule has 0 bridgehead atoms. The Bertz CT molecular complexity index is 1560. The molecule has 0 N–H and O–H groups in total. The molecule has 1 aliphatic heterocycles. The zero-order valence-electron chi connectivity index (χ0n) is 28.4. The fourth-order valence-corrected chi connectivity index (χ4v) is 5.82. The van der Waals surface area contributed by atoms with Crippen LogP contribution in [-0.2, 0) is 20.8 Å². The molecular formula is C39H48N2O6. The van der Waals surface area contributed by atoms with Crippen LogP contribution in [0.15, 0.2) is 78.4 Å². The number of ether oxygens (including phenoxy) is 4. The molecule has 0 spiro atoms. The van der Waals surface area contributed by atoms with E-state index in [4.69, 9.17) is 18.9 Å². The molecule has 1 saturated carbocycles. The molecule has 3 aromatic rings. The van der Waals surface area contributed by atoms with Gasteiger partial charge in [0.15, 0.2) is 0 Å². The third kappa shape index (κ3) is 9.38. The minimum Gasteiger partial charge on any atom is -0.497 e. The van der Waals surface area contributed by atoms with Crippen LogP contribution in [0.25, 0.3) is 16.7 Å². The second-order valence-corrected chi connectivity index (χ2v) is 13.1. The first kappa shape index (κ1) is 34.0. The number of rotatable bonds is 13. The topological polar surface area (TPSA) is 77.5 Å². The van der Waals surface area contributed by atoms with Gasteiger partial charge < -0.3 is 28.7 Å². The Morgan fingerprint density at radius 3 is 2.32 bits per heavy atom. The first-order chi connectivity index (χ1) is 22.6. The number of hydrogen-bond acceptors (Lipinski definition) is 6. The molecule has 8 nitrogen and oxygen atoms in total. The number of carbonyl (C=O) groups is 2. The second-order valence-electron chi connectivity index (χ2n) is 13.1. The zero-order chi connectivity index (χ0) is 33.4. The van der Waals surface area contributed by atoms with Crippen LogP contribution in [0.4, 0.5) is 4.79 Å². The van der Waals surface area contributed by atoms with Gasteiger partial charge in [0.05, 0.1) is 20.3 Å². The van der Waals surface area contributed by atoms with E-state index in [1.54, 1.807) is 12.0 Å². The predicted octanol–water partition coefficient (Wildman–Crippen LogP) is 7.75. The van der Waals surface area contributed by atoms with Crippen LogP contribution in [-0.4, -0.2) is 73.5 Å². The maximum atomic E-state index is 14.7. The third-order valence-electron chi connectivity index (χ3n) is 8.26. The summed E-state index contributed by atoms with van der Waals surface area (Å²) >= 11 is 0. The molecule has 47 heavy (non-hydrogen) atoms. The van der Waals surface area contributed by atoms with E-state index in [2.05, 4.69) is 30.3 Å². The van der Waals surface area contributed by atoms with E-state index in [1.165, 1.54) is 0 Å². The summed E-state index contributed by atoms with van der Waals surface area (Å²) in [6.07, 6.45) is 2.81. The number of methoxy groups -OCH3 is 1. The summed E-state index contributed by atoms with van der Waals surface area (Å²) in [7, 11) is 1.63. The highest BCUT2D eigenvalue weighted by Gasteiger charge is 2.38. The van der Waals surface area contributed by atoms with Crippen molar-refractivity contribution in [1.29, 1.82) is 0 Å². The molecule has 8 heteroatoms. The Hall–Kier alpha value is -4.30.